The van der Waals surface area contributed by atoms with Gasteiger partial charge in [-0.3, -0.25) is 24.4 Å². The van der Waals surface area contributed by atoms with E-state index in [4.69, 9.17) is 9.47 Å². The second kappa shape index (κ2) is 22.7. The fourth-order valence-electron chi connectivity index (χ4n) is 10.4. The number of carbonyl (C=O) groups excluding carboxylic acids is 3. The molecule has 2 aliphatic heterocycles. The lowest BCUT2D eigenvalue weighted by Crippen LogP contribution is -2.62. The number of piperidine rings is 1. The predicted molar refractivity (Wildman–Crippen MR) is 302 cm³/mol. The topological polar surface area (TPSA) is 267 Å². The van der Waals surface area contributed by atoms with Crippen molar-refractivity contribution in [2.45, 2.75) is 141 Å². The number of fused-ring (bicyclic) bond motifs is 3. The number of hydrogen-bond donors (Lipinski definition) is 5. The summed E-state index contributed by atoms with van der Waals surface area (Å²) in [4.78, 5) is 77.5. The summed E-state index contributed by atoms with van der Waals surface area (Å²) < 4.78 is 40.0. The number of nitrogens with one attached hydrogen (secondary N) is 4. The molecule has 21 nitrogen and oxygen atoms in total. The van der Waals surface area contributed by atoms with Gasteiger partial charge in [0.15, 0.2) is 15.7 Å². The van der Waals surface area contributed by atoms with E-state index in [1.54, 1.807) is 39.0 Å². The molecule has 0 saturated carbocycles. The van der Waals surface area contributed by atoms with E-state index < -0.39 is 56.0 Å². The van der Waals surface area contributed by atoms with Gasteiger partial charge in [-0.2, -0.15) is 5.10 Å². The molecule has 80 heavy (non-hydrogen) atoms. The van der Waals surface area contributed by atoms with Crippen molar-refractivity contribution in [3.63, 3.8) is 0 Å². The van der Waals surface area contributed by atoms with Gasteiger partial charge in [-0.15, -0.1) is 0 Å². The van der Waals surface area contributed by atoms with Crippen LogP contribution in [0.1, 0.15) is 114 Å². The molecule has 5 N–H and O–H groups in total. The van der Waals surface area contributed by atoms with Gasteiger partial charge in [-0.25, -0.2) is 33.1 Å². The Labute approximate surface area is 466 Å². The van der Waals surface area contributed by atoms with Crippen LogP contribution < -0.4 is 30.3 Å². The van der Waals surface area contributed by atoms with E-state index in [0.717, 1.165) is 65.0 Å². The van der Waals surface area contributed by atoms with Crippen LogP contribution in [0.2, 0.25) is 0 Å². The Morgan fingerprint density at radius 2 is 1.62 bits per heavy atom. The van der Waals surface area contributed by atoms with Crippen molar-refractivity contribution in [1.82, 2.24) is 50.6 Å². The first-order valence-electron chi connectivity index (χ1n) is 27.1. The Morgan fingerprint density at radius 1 is 0.887 bits per heavy atom. The highest BCUT2D eigenvalue weighted by atomic mass is 32.2. The molecule has 0 unspecified atom stereocenters. The summed E-state index contributed by atoms with van der Waals surface area (Å²) in [6, 6.07) is 15.3. The number of aromatic nitrogens is 6. The highest BCUT2D eigenvalue weighted by molar-refractivity contribution is 7.92. The Morgan fingerprint density at radius 3 is 2.33 bits per heavy atom. The molecular weight excluding hydrogens is 1040 g/mol. The van der Waals surface area contributed by atoms with E-state index in [9.17, 15) is 27.9 Å². The highest BCUT2D eigenvalue weighted by Gasteiger charge is 2.44. The SMILES string of the molecule is Cc1[nH]nc(Nc2ncnc3cc(OCC4CCN(c5cc(Oc6ccc7c(c6)CN(C(=O)[C@@H](NC(=O)[C@H](C)N(C)C(=O)O)C(C)(C)C)[C@H](C(=O)N[C@@H]6CCCc8ccccc86)C7)ncn5)CC4)c(S(=O)(=O)C(C)(C)C)cc23)c1C. The summed E-state index contributed by atoms with van der Waals surface area (Å²) in [5.74, 6) is 1.31. The molecule has 4 amide bonds. The Balaban J connectivity index is 0.895. The zero-order chi connectivity index (χ0) is 57.4. The zero-order valence-corrected chi connectivity index (χ0v) is 47.9. The van der Waals surface area contributed by atoms with Gasteiger partial charge in [-0.1, -0.05) is 51.1 Å². The van der Waals surface area contributed by atoms with Crippen LogP contribution in [0.5, 0.6) is 17.4 Å². The molecule has 1 saturated heterocycles. The van der Waals surface area contributed by atoms with Gasteiger partial charge in [-0.05, 0) is 125 Å². The maximum Gasteiger partial charge on any atom is 0.407 e. The van der Waals surface area contributed by atoms with Gasteiger partial charge in [0.2, 0.25) is 23.6 Å². The maximum absolute atomic E-state index is 15.0. The molecule has 0 bridgehead atoms. The lowest BCUT2D eigenvalue weighted by molar-refractivity contribution is -0.147. The van der Waals surface area contributed by atoms with Crippen LogP contribution in [-0.4, -0.2) is 127 Å². The second-order valence-corrected chi connectivity index (χ2v) is 26.0. The third-order valence-electron chi connectivity index (χ3n) is 15.8. The number of H-pyrrole nitrogens is 1. The van der Waals surface area contributed by atoms with Gasteiger partial charge in [0, 0.05) is 61.9 Å². The van der Waals surface area contributed by atoms with Crippen molar-refractivity contribution in [1.29, 1.82) is 0 Å². The van der Waals surface area contributed by atoms with E-state index in [1.165, 1.54) is 37.1 Å². The molecule has 0 radical (unpaired) electrons. The minimum atomic E-state index is -3.89. The zero-order valence-electron chi connectivity index (χ0n) is 47.1. The number of hydrogen-bond acceptors (Lipinski definition) is 15. The number of carbonyl (C=O) groups is 4. The average molecular weight is 1110 g/mol. The number of anilines is 3. The molecule has 5 heterocycles. The Hall–Kier alpha value is -7.88. The van der Waals surface area contributed by atoms with E-state index >= 15 is 4.79 Å². The minimum absolute atomic E-state index is 0.0267. The quantitative estimate of drug-likeness (QED) is 0.0649. The molecule has 6 aromatic rings. The molecule has 0 spiro atoms. The largest absolute Gasteiger partial charge is 0.492 e. The first-order valence-corrected chi connectivity index (χ1v) is 28.6. The van der Waals surface area contributed by atoms with Gasteiger partial charge < -0.3 is 40.3 Å². The number of carboxylic acid groups (broad SMARTS) is 1. The van der Waals surface area contributed by atoms with Gasteiger partial charge in [0.1, 0.15) is 58.8 Å². The lowest BCUT2D eigenvalue weighted by Gasteiger charge is -2.42. The average Bonchev–Trinajstić information content (AvgIpc) is 3.77. The van der Waals surface area contributed by atoms with Crippen molar-refractivity contribution in [2.24, 2.45) is 11.3 Å². The fourth-order valence-corrected chi connectivity index (χ4v) is 11.7. The molecule has 22 heteroatoms. The number of ether oxygens (including phenoxy) is 2. The number of rotatable bonds is 15. The number of amides is 4. The van der Waals surface area contributed by atoms with E-state index in [0.29, 0.717) is 53.1 Å². The Kier molecular flexibility index (Phi) is 16.1. The molecule has 9 rings (SSSR count). The van der Waals surface area contributed by atoms with E-state index in [1.807, 2.05) is 71.0 Å². The van der Waals surface area contributed by atoms with Crippen molar-refractivity contribution in [3.05, 3.63) is 107 Å². The van der Waals surface area contributed by atoms with Crippen LogP contribution in [0.3, 0.4) is 0 Å². The number of sulfone groups is 1. The molecule has 1 fully saturated rings. The number of likely N-dealkylation sites (N-methyl/N-ethyl adjacent to an activating group) is 1. The summed E-state index contributed by atoms with van der Waals surface area (Å²) >= 11 is 0. The van der Waals surface area contributed by atoms with Crippen molar-refractivity contribution < 1.29 is 42.2 Å². The molecule has 3 aromatic carbocycles. The summed E-state index contributed by atoms with van der Waals surface area (Å²) in [5, 5.41) is 26.8. The lowest BCUT2D eigenvalue weighted by atomic mass is 9.83. The molecule has 3 aromatic heterocycles. The van der Waals surface area contributed by atoms with Crippen LogP contribution >= 0.6 is 0 Å². The van der Waals surface area contributed by atoms with Gasteiger partial charge in [0.25, 0.3) is 0 Å². The summed E-state index contributed by atoms with van der Waals surface area (Å²) in [6.07, 6.45) is 5.81. The van der Waals surface area contributed by atoms with Crippen molar-refractivity contribution in [2.75, 3.05) is 37.0 Å². The number of benzene rings is 3. The van der Waals surface area contributed by atoms with E-state index in [-0.39, 0.29) is 48.1 Å². The summed E-state index contributed by atoms with van der Waals surface area (Å²) in [6.45, 7) is 17.3. The van der Waals surface area contributed by atoms with Crippen LogP contribution in [0.15, 0.2) is 78.2 Å². The van der Waals surface area contributed by atoms with Crippen molar-refractivity contribution >= 4 is 62.0 Å². The smallest absolute Gasteiger partial charge is 0.407 e. The van der Waals surface area contributed by atoms with Crippen LogP contribution in [-0.2, 0) is 43.6 Å². The summed E-state index contributed by atoms with van der Waals surface area (Å²) in [7, 11) is -2.59. The summed E-state index contributed by atoms with van der Waals surface area (Å²) in [5.41, 5.74) is 5.32. The Bertz CT molecular complexity index is 3440. The third kappa shape index (κ3) is 12.0. The first-order chi connectivity index (χ1) is 37.9. The first kappa shape index (κ1) is 56.8. The number of aromatic amines is 1. The monoisotopic (exact) mass is 1110 g/mol. The third-order valence-corrected chi connectivity index (χ3v) is 18.3. The molecule has 1 aliphatic carbocycles. The van der Waals surface area contributed by atoms with Crippen LogP contribution in [0, 0.1) is 25.2 Å². The number of aryl methyl sites for hydroxylation is 2. The van der Waals surface area contributed by atoms with Crippen molar-refractivity contribution in [3.8, 4) is 17.4 Å². The highest BCUT2D eigenvalue weighted by Crippen LogP contribution is 2.39. The van der Waals surface area contributed by atoms with Crippen LogP contribution in [0.4, 0.5) is 22.2 Å². The molecular formula is C58H72N12O9S. The minimum Gasteiger partial charge on any atom is -0.492 e. The molecule has 4 atom stereocenters. The fraction of sp³-hybridized carbons (Fsp3) is 0.466. The normalized spacial score (nSPS) is 17.6. The van der Waals surface area contributed by atoms with Crippen LogP contribution in [0.25, 0.3) is 10.9 Å². The van der Waals surface area contributed by atoms with E-state index in [2.05, 4.69) is 57.0 Å². The number of nitrogens with zero attached hydrogens (tertiary/aromatic N) is 8. The van der Waals surface area contributed by atoms with Gasteiger partial charge in [0.05, 0.1) is 22.9 Å². The second-order valence-electron chi connectivity index (χ2n) is 23.3. The standard InChI is InChI=1S/C58H72N12O9S/c1-33-34(2)66-67-51(33)65-52-42-26-47(80(76,77)58(7,8)9)46(27-44(42)59-31-62-52)78-30-36-20-22-69(23-21-36)48-28-49(61-32-60-48)79-40-19-18-38-25-45(54(72)63-43-17-13-15-37-14-11-12-16-41(37)43)70(29-39(38)24-40)55(73)50(57(4,5)6)64-53(71)35(3)68(10)56(74)75/h11-12,14,16,18-19,24,26-28,31-32,35-36,43,45,50H,13,15,17,20-23,25,29-30H2,1-10H3,(H,63,72)(H,64,71)(H,74,75)(H2,59,62,65,66,67)/t35-,43+,45-,50+/m0/s1. The molecule has 3 aliphatic rings. The molecule has 424 valence electrons. The van der Waals surface area contributed by atoms with Gasteiger partial charge >= 0.3 is 6.09 Å². The predicted octanol–water partition coefficient (Wildman–Crippen LogP) is 8.14. The maximum atomic E-state index is 15.0.